The topological polar surface area (TPSA) is 110 Å². The van der Waals surface area contributed by atoms with Crippen LogP contribution in [-0.4, -0.2) is 48.3 Å². The third-order valence-corrected chi connectivity index (χ3v) is 6.07. The van der Waals surface area contributed by atoms with Gasteiger partial charge in [0, 0.05) is 5.56 Å². The molecular weight excluding hydrogens is 469 g/mol. The van der Waals surface area contributed by atoms with Crippen LogP contribution in [0.2, 0.25) is 0 Å². The zero-order chi connectivity index (χ0) is 21.9. The third kappa shape index (κ3) is 6.64. The summed E-state index contributed by atoms with van der Waals surface area (Å²) in [6.07, 6.45) is 0. The summed E-state index contributed by atoms with van der Waals surface area (Å²) < 4.78 is 31.4. The zero-order valence-electron chi connectivity index (χ0n) is 16.8. The summed E-state index contributed by atoms with van der Waals surface area (Å²) in [5.74, 6) is -2.14. The number of alkyl halides is 1. The highest BCUT2D eigenvalue weighted by atomic mass is 79.9. The highest BCUT2D eigenvalue weighted by Gasteiger charge is 2.51. The molecule has 0 N–H and O–H groups in total. The van der Waals surface area contributed by atoms with Crippen molar-refractivity contribution in [2.24, 2.45) is 5.16 Å². The number of rotatable bonds is 12. The molecule has 0 atom stereocenters. The Morgan fingerprint density at radius 1 is 0.931 bits per heavy atom. The molecule has 0 amide bonds. The van der Waals surface area contributed by atoms with E-state index < -0.39 is 24.0 Å². The van der Waals surface area contributed by atoms with E-state index in [1.54, 1.807) is 58.0 Å². The van der Waals surface area contributed by atoms with Gasteiger partial charge in [-0.15, -0.1) is 0 Å². The SMILES string of the molecule is CCOC(=O)C(Br)(O/N=C(/c1ccccc1)P(=O)(OCC)OCC)C(=O)OCC. The molecular formula is C18H25BrNO8P. The van der Waals surface area contributed by atoms with Gasteiger partial charge in [0.2, 0.25) is 0 Å². The zero-order valence-corrected chi connectivity index (χ0v) is 19.2. The lowest BCUT2D eigenvalue weighted by Gasteiger charge is -2.23. The van der Waals surface area contributed by atoms with E-state index in [1.807, 2.05) is 0 Å². The first-order valence-corrected chi connectivity index (χ1v) is 11.4. The quantitative estimate of drug-likeness (QED) is 0.108. The molecule has 0 aliphatic rings. The minimum absolute atomic E-state index is 0.0133. The number of nitrogens with zero attached hydrogens (tertiary/aromatic N) is 1. The van der Waals surface area contributed by atoms with E-state index in [2.05, 4.69) is 21.1 Å². The Bertz CT molecular complexity index is 727. The average molecular weight is 494 g/mol. The second-order valence-corrected chi connectivity index (χ2v) is 8.29. The predicted octanol–water partition coefficient (Wildman–Crippen LogP) is 3.85. The Kier molecular flexibility index (Phi) is 10.5. The van der Waals surface area contributed by atoms with Crippen LogP contribution in [0.4, 0.5) is 0 Å². The maximum Gasteiger partial charge on any atom is 0.383 e. The molecule has 0 aliphatic carbocycles. The van der Waals surface area contributed by atoms with E-state index in [9.17, 15) is 14.2 Å². The largest absolute Gasteiger partial charge is 0.462 e. The molecule has 0 radical (unpaired) electrons. The van der Waals surface area contributed by atoms with Gasteiger partial charge in [-0.3, -0.25) is 4.57 Å². The highest BCUT2D eigenvalue weighted by Crippen LogP contribution is 2.52. The molecule has 0 spiro atoms. The van der Waals surface area contributed by atoms with Crippen molar-refractivity contribution in [2.45, 2.75) is 32.2 Å². The van der Waals surface area contributed by atoms with Crippen molar-refractivity contribution in [1.82, 2.24) is 0 Å². The third-order valence-electron chi connectivity index (χ3n) is 3.22. The number of esters is 2. The smallest absolute Gasteiger partial charge is 0.383 e. The molecule has 0 aromatic heterocycles. The Labute approximate surface area is 178 Å². The molecule has 0 heterocycles. The van der Waals surface area contributed by atoms with Crippen molar-refractivity contribution in [1.29, 1.82) is 0 Å². The minimum atomic E-state index is -3.93. The predicted molar refractivity (Wildman–Crippen MR) is 110 cm³/mol. The summed E-state index contributed by atoms with van der Waals surface area (Å²) in [4.78, 5) is 29.9. The highest BCUT2D eigenvalue weighted by molar-refractivity contribution is 9.10. The molecule has 29 heavy (non-hydrogen) atoms. The second kappa shape index (κ2) is 12.1. The maximum atomic E-state index is 13.3. The molecule has 0 saturated heterocycles. The minimum Gasteiger partial charge on any atom is -0.462 e. The molecule has 162 valence electrons. The van der Waals surface area contributed by atoms with Crippen LogP contribution in [0.25, 0.3) is 0 Å². The van der Waals surface area contributed by atoms with E-state index in [1.165, 1.54) is 0 Å². The van der Waals surface area contributed by atoms with Gasteiger partial charge < -0.3 is 23.4 Å². The van der Waals surface area contributed by atoms with Gasteiger partial charge >= 0.3 is 24.0 Å². The number of hydrogen-bond acceptors (Lipinski definition) is 9. The number of carbonyl (C=O) groups excluding carboxylic acids is 2. The van der Waals surface area contributed by atoms with Crippen molar-refractivity contribution >= 4 is 40.9 Å². The molecule has 9 nitrogen and oxygen atoms in total. The average Bonchev–Trinajstić information content (AvgIpc) is 2.69. The fourth-order valence-corrected chi connectivity index (χ4v) is 3.97. The van der Waals surface area contributed by atoms with E-state index in [4.69, 9.17) is 23.4 Å². The lowest BCUT2D eigenvalue weighted by Crippen LogP contribution is -2.45. The van der Waals surface area contributed by atoms with Crippen molar-refractivity contribution in [3.63, 3.8) is 0 Å². The summed E-state index contributed by atoms with van der Waals surface area (Å²) in [6.45, 7) is 6.52. The summed E-state index contributed by atoms with van der Waals surface area (Å²) in [7, 11) is -3.93. The molecule has 1 aromatic carbocycles. The van der Waals surface area contributed by atoms with Crippen molar-refractivity contribution < 1.29 is 37.5 Å². The van der Waals surface area contributed by atoms with Crippen LogP contribution in [0.5, 0.6) is 0 Å². The molecule has 11 heteroatoms. The lowest BCUT2D eigenvalue weighted by atomic mass is 10.2. The van der Waals surface area contributed by atoms with Crippen LogP contribution in [-0.2, 0) is 37.5 Å². The van der Waals surface area contributed by atoms with Crippen molar-refractivity contribution in [2.75, 3.05) is 26.4 Å². The number of ether oxygens (including phenoxy) is 2. The normalized spacial score (nSPS) is 12.4. The van der Waals surface area contributed by atoms with Gasteiger partial charge in [-0.1, -0.05) is 35.5 Å². The molecule has 1 aromatic rings. The van der Waals surface area contributed by atoms with E-state index in [0.717, 1.165) is 0 Å². The lowest BCUT2D eigenvalue weighted by molar-refractivity contribution is -0.176. The van der Waals surface area contributed by atoms with Gasteiger partial charge in [-0.2, -0.15) is 0 Å². The van der Waals surface area contributed by atoms with Crippen LogP contribution in [0.1, 0.15) is 33.3 Å². The summed E-state index contributed by atoms with van der Waals surface area (Å²) >= 11 is 2.91. The Morgan fingerprint density at radius 2 is 1.41 bits per heavy atom. The number of oxime groups is 1. The number of carbonyl (C=O) groups is 2. The monoisotopic (exact) mass is 493 g/mol. The molecule has 0 fully saturated rings. The van der Waals surface area contributed by atoms with E-state index in [-0.39, 0.29) is 31.9 Å². The Hall–Kier alpha value is -1.74. The van der Waals surface area contributed by atoms with Crippen LogP contribution >= 0.6 is 23.5 Å². The molecule has 1 rings (SSSR count). The van der Waals surface area contributed by atoms with Crippen LogP contribution in [0.15, 0.2) is 35.5 Å². The molecule has 0 bridgehead atoms. The van der Waals surface area contributed by atoms with Gasteiger partial charge in [0.1, 0.15) is 0 Å². The number of benzene rings is 1. The molecule has 0 unspecified atom stereocenters. The fourth-order valence-electron chi connectivity index (χ4n) is 2.06. The Morgan fingerprint density at radius 3 is 1.83 bits per heavy atom. The number of hydrogen-bond donors (Lipinski definition) is 0. The first kappa shape index (κ1) is 25.3. The van der Waals surface area contributed by atoms with Gasteiger partial charge in [0.15, 0.2) is 5.45 Å². The standard InChI is InChI=1S/C18H25BrNO8P/c1-5-24-16(21)18(19,17(22)25-6-2)28-20-15(14-12-10-9-11-13-14)29(23,26-7-3)27-8-4/h9-13H,5-8H2,1-4H3/b20-15-. The van der Waals surface area contributed by atoms with Crippen LogP contribution in [0.3, 0.4) is 0 Å². The van der Waals surface area contributed by atoms with Crippen molar-refractivity contribution in [3.8, 4) is 0 Å². The van der Waals surface area contributed by atoms with Gasteiger partial charge in [0.05, 0.1) is 26.4 Å². The first-order valence-electron chi connectivity index (χ1n) is 9.03. The molecule has 0 saturated carbocycles. The van der Waals surface area contributed by atoms with Crippen molar-refractivity contribution in [3.05, 3.63) is 35.9 Å². The van der Waals surface area contributed by atoms with Gasteiger partial charge in [-0.25, -0.2) is 9.59 Å². The number of halogens is 1. The summed E-state index contributed by atoms with van der Waals surface area (Å²) in [6, 6.07) is 8.34. The van der Waals surface area contributed by atoms with E-state index >= 15 is 0 Å². The summed E-state index contributed by atoms with van der Waals surface area (Å²) in [5, 5.41) is 3.84. The van der Waals surface area contributed by atoms with Gasteiger partial charge in [0.25, 0.3) is 0 Å². The Balaban J connectivity index is 3.47. The van der Waals surface area contributed by atoms with Gasteiger partial charge in [-0.05, 0) is 43.6 Å². The maximum absolute atomic E-state index is 13.3. The second-order valence-electron chi connectivity index (χ2n) is 5.24. The van der Waals surface area contributed by atoms with E-state index in [0.29, 0.717) is 5.56 Å². The van der Waals surface area contributed by atoms with Crippen LogP contribution < -0.4 is 0 Å². The molecule has 0 aliphatic heterocycles. The first-order chi connectivity index (χ1) is 13.8. The fraction of sp³-hybridized carbons (Fsp3) is 0.500. The van der Waals surface area contributed by atoms with Crippen LogP contribution in [0, 0.1) is 0 Å². The summed E-state index contributed by atoms with van der Waals surface area (Å²) in [5.41, 5.74) is 0.152.